The molecule has 1 aromatic carbocycles. The molecule has 2 heterocycles. The second-order valence-corrected chi connectivity index (χ2v) is 6.04. The molecule has 0 atom stereocenters. The van der Waals surface area contributed by atoms with Gasteiger partial charge in [-0.15, -0.1) is 0 Å². The molecule has 0 bridgehead atoms. The van der Waals surface area contributed by atoms with Crippen molar-refractivity contribution in [3.63, 3.8) is 0 Å². The fraction of sp³-hybridized carbons (Fsp3) is 0.0714. The van der Waals surface area contributed by atoms with Crippen molar-refractivity contribution >= 4 is 61.8 Å². The van der Waals surface area contributed by atoms with Crippen LogP contribution in [-0.4, -0.2) is 28.2 Å². The number of aromatic amines is 1. The third-order valence-corrected chi connectivity index (χ3v) is 4.47. The first-order chi connectivity index (χ1) is 11.0. The van der Waals surface area contributed by atoms with E-state index in [9.17, 15) is 4.79 Å². The van der Waals surface area contributed by atoms with E-state index in [-0.39, 0.29) is 5.28 Å². The highest BCUT2D eigenvalue weighted by Crippen LogP contribution is 2.38. The predicted molar refractivity (Wildman–Crippen MR) is 93.1 cm³/mol. The first-order valence-electron chi connectivity index (χ1n) is 6.34. The number of ether oxygens (including phenoxy) is 1. The van der Waals surface area contributed by atoms with Gasteiger partial charge < -0.3 is 9.72 Å². The molecular weight excluding hydrogens is 407 g/mol. The van der Waals surface area contributed by atoms with E-state index in [1.165, 1.54) is 13.3 Å². The maximum absolute atomic E-state index is 11.4. The van der Waals surface area contributed by atoms with Crippen molar-refractivity contribution in [3.05, 3.63) is 39.3 Å². The molecule has 0 radical (unpaired) electrons. The van der Waals surface area contributed by atoms with Gasteiger partial charge in [0.15, 0.2) is 0 Å². The molecule has 0 aliphatic rings. The number of rotatable bonds is 2. The molecule has 0 fully saturated rings. The molecule has 3 rings (SSSR count). The van der Waals surface area contributed by atoms with E-state index in [0.29, 0.717) is 20.9 Å². The molecule has 2 N–H and O–H groups in total. The lowest BCUT2D eigenvalue weighted by molar-refractivity contribution is 0.187. The van der Waals surface area contributed by atoms with Crippen LogP contribution in [0, 0.1) is 0 Å². The van der Waals surface area contributed by atoms with Crippen LogP contribution in [0.15, 0.2) is 29.0 Å². The number of amides is 1. The summed E-state index contributed by atoms with van der Waals surface area (Å²) in [4.78, 5) is 22.5. The number of methoxy groups -OCH3 is 1. The number of anilines is 1. The van der Waals surface area contributed by atoms with Crippen molar-refractivity contribution in [3.8, 4) is 11.3 Å². The zero-order chi connectivity index (χ0) is 16.6. The summed E-state index contributed by atoms with van der Waals surface area (Å²) in [5.74, 6) is 0. The van der Waals surface area contributed by atoms with Gasteiger partial charge in [-0.25, -0.2) is 14.8 Å². The Labute approximate surface area is 149 Å². The van der Waals surface area contributed by atoms with Gasteiger partial charge in [-0.3, -0.25) is 5.32 Å². The quantitative estimate of drug-likeness (QED) is 0.585. The van der Waals surface area contributed by atoms with Crippen LogP contribution in [0.2, 0.25) is 10.3 Å². The van der Waals surface area contributed by atoms with Crippen molar-refractivity contribution < 1.29 is 9.53 Å². The SMILES string of the molecule is COC(=O)Nc1ccc2c(-c3nc(Cl)ncc3Cl)c[nH]c2c1Br. The van der Waals surface area contributed by atoms with Crippen LogP contribution in [0.3, 0.4) is 0 Å². The Morgan fingerprint density at radius 1 is 1.39 bits per heavy atom. The number of carbonyl (C=O) groups is 1. The maximum Gasteiger partial charge on any atom is 0.411 e. The van der Waals surface area contributed by atoms with Gasteiger partial charge in [0.25, 0.3) is 0 Å². The summed E-state index contributed by atoms with van der Waals surface area (Å²) in [6, 6.07) is 3.58. The van der Waals surface area contributed by atoms with Crippen molar-refractivity contribution in [1.82, 2.24) is 15.0 Å². The molecule has 118 valence electrons. The van der Waals surface area contributed by atoms with Crippen LogP contribution < -0.4 is 5.32 Å². The van der Waals surface area contributed by atoms with Gasteiger partial charge in [0.05, 0.1) is 39.7 Å². The third kappa shape index (κ3) is 2.99. The fourth-order valence-corrected chi connectivity index (χ4v) is 3.04. The summed E-state index contributed by atoms with van der Waals surface area (Å²) in [6.45, 7) is 0. The lowest BCUT2D eigenvalue weighted by atomic mass is 10.1. The molecule has 0 aliphatic heterocycles. The molecule has 0 saturated heterocycles. The van der Waals surface area contributed by atoms with Crippen LogP contribution >= 0.6 is 39.1 Å². The minimum absolute atomic E-state index is 0.113. The van der Waals surface area contributed by atoms with Gasteiger partial charge in [0.1, 0.15) is 0 Å². The van der Waals surface area contributed by atoms with Gasteiger partial charge in [-0.05, 0) is 33.6 Å². The summed E-state index contributed by atoms with van der Waals surface area (Å²) in [7, 11) is 1.30. The Kier molecular flexibility index (Phi) is 4.43. The zero-order valence-electron chi connectivity index (χ0n) is 11.7. The van der Waals surface area contributed by atoms with E-state index in [1.807, 2.05) is 6.07 Å². The second-order valence-electron chi connectivity index (χ2n) is 4.50. The fourth-order valence-electron chi connectivity index (χ4n) is 2.15. The number of carbonyl (C=O) groups excluding carboxylic acids is 1. The summed E-state index contributed by atoms with van der Waals surface area (Å²) < 4.78 is 5.28. The molecule has 0 spiro atoms. The number of halogens is 3. The largest absolute Gasteiger partial charge is 0.453 e. The van der Waals surface area contributed by atoms with Gasteiger partial charge in [-0.1, -0.05) is 17.7 Å². The number of aromatic nitrogens is 3. The number of benzene rings is 1. The van der Waals surface area contributed by atoms with E-state index in [0.717, 1.165) is 16.5 Å². The molecular formula is C14H9BrCl2N4O2. The van der Waals surface area contributed by atoms with E-state index in [2.05, 4.69) is 40.9 Å². The Morgan fingerprint density at radius 2 is 2.17 bits per heavy atom. The standard InChI is InChI=1S/C14H9BrCl2N4O2/c1-23-14(22)20-9-3-2-6-7(4-18-12(6)10(9)15)11-8(16)5-19-13(17)21-11/h2-5,18H,1H3,(H,20,22). The average Bonchev–Trinajstić information content (AvgIpc) is 2.97. The predicted octanol–water partition coefficient (Wildman–Crippen LogP) is 4.87. The summed E-state index contributed by atoms with van der Waals surface area (Å²) in [5.41, 5.74) is 2.65. The maximum atomic E-state index is 11.4. The zero-order valence-corrected chi connectivity index (χ0v) is 14.8. The van der Waals surface area contributed by atoms with Gasteiger partial charge in [0.2, 0.25) is 5.28 Å². The number of H-pyrrole nitrogens is 1. The van der Waals surface area contributed by atoms with Gasteiger partial charge in [-0.2, -0.15) is 0 Å². The molecule has 3 aromatic rings. The molecule has 0 aliphatic carbocycles. The topological polar surface area (TPSA) is 79.9 Å². The monoisotopic (exact) mass is 414 g/mol. The van der Waals surface area contributed by atoms with E-state index in [1.54, 1.807) is 12.3 Å². The van der Waals surface area contributed by atoms with E-state index >= 15 is 0 Å². The Balaban J connectivity index is 2.13. The molecule has 23 heavy (non-hydrogen) atoms. The minimum Gasteiger partial charge on any atom is -0.453 e. The molecule has 6 nitrogen and oxygen atoms in total. The first-order valence-corrected chi connectivity index (χ1v) is 7.89. The van der Waals surface area contributed by atoms with Crippen LogP contribution in [-0.2, 0) is 4.74 Å². The smallest absolute Gasteiger partial charge is 0.411 e. The number of hydrogen-bond acceptors (Lipinski definition) is 4. The number of nitrogens with zero attached hydrogens (tertiary/aromatic N) is 2. The van der Waals surface area contributed by atoms with Crippen molar-refractivity contribution in [2.45, 2.75) is 0 Å². The summed E-state index contributed by atoms with van der Waals surface area (Å²) in [5, 5.41) is 3.99. The lowest BCUT2D eigenvalue weighted by Gasteiger charge is -2.07. The van der Waals surface area contributed by atoms with Gasteiger partial charge >= 0.3 is 6.09 Å². The first kappa shape index (κ1) is 16.0. The number of nitrogens with one attached hydrogen (secondary N) is 2. The average molecular weight is 416 g/mol. The Morgan fingerprint density at radius 3 is 2.91 bits per heavy atom. The normalized spacial score (nSPS) is 10.8. The van der Waals surface area contributed by atoms with Crippen molar-refractivity contribution in [2.75, 3.05) is 12.4 Å². The lowest BCUT2D eigenvalue weighted by Crippen LogP contribution is -2.11. The van der Waals surface area contributed by atoms with E-state index < -0.39 is 6.09 Å². The van der Waals surface area contributed by atoms with Crippen LogP contribution in [0.5, 0.6) is 0 Å². The highest BCUT2D eigenvalue weighted by Gasteiger charge is 2.16. The van der Waals surface area contributed by atoms with Crippen LogP contribution in [0.4, 0.5) is 10.5 Å². The van der Waals surface area contributed by atoms with Crippen molar-refractivity contribution in [1.29, 1.82) is 0 Å². The Bertz CT molecular complexity index is 913. The van der Waals surface area contributed by atoms with Crippen LogP contribution in [0.25, 0.3) is 22.2 Å². The molecule has 1 amide bonds. The molecule has 9 heteroatoms. The number of hydrogen-bond donors (Lipinski definition) is 2. The third-order valence-electron chi connectivity index (χ3n) is 3.18. The molecule has 0 unspecified atom stereocenters. The van der Waals surface area contributed by atoms with Crippen LogP contribution in [0.1, 0.15) is 0 Å². The van der Waals surface area contributed by atoms with Gasteiger partial charge in [0, 0.05) is 17.1 Å². The summed E-state index contributed by atoms with van der Waals surface area (Å²) in [6.07, 6.45) is 2.66. The Hall–Kier alpha value is -1.83. The number of fused-ring (bicyclic) bond motifs is 1. The summed E-state index contributed by atoms with van der Waals surface area (Å²) >= 11 is 15.5. The van der Waals surface area contributed by atoms with E-state index in [4.69, 9.17) is 23.2 Å². The molecule has 2 aromatic heterocycles. The molecule has 0 saturated carbocycles. The second kappa shape index (κ2) is 6.35. The highest BCUT2D eigenvalue weighted by molar-refractivity contribution is 9.10. The van der Waals surface area contributed by atoms with Crippen molar-refractivity contribution in [2.24, 2.45) is 0 Å². The highest BCUT2D eigenvalue weighted by atomic mass is 79.9. The minimum atomic E-state index is -0.553.